The molecule has 1 aliphatic rings. The summed E-state index contributed by atoms with van der Waals surface area (Å²) in [6, 6.07) is 10.3. The Labute approximate surface area is 256 Å². The summed E-state index contributed by atoms with van der Waals surface area (Å²) >= 11 is 11.7. The van der Waals surface area contributed by atoms with Gasteiger partial charge in [-0.2, -0.15) is 0 Å². The highest BCUT2D eigenvalue weighted by molar-refractivity contribution is 6.31. The third-order valence-electron chi connectivity index (χ3n) is 5.43. The predicted molar refractivity (Wildman–Crippen MR) is 173 cm³/mol. The molecule has 2 aromatic rings. The van der Waals surface area contributed by atoms with Crippen molar-refractivity contribution in [3.63, 3.8) is 0 Å². The van der Waals surface area contributed by atoms with Crippen molar-refractivity contribution in [2.45, 2.75) is 60.9 Å². The minimum atomic E-state index is -0.377. The highest BCUT2D eigenvalue weighted by Crippen LogP contribution is 2.25. The third kappa shape index (κ3) is 18.7. The molecule has 232 valence electrons. The fraction of sp³-hybridized carbons (Fsp3) is 0.548. The van der Waals surface area contributed by atoms with Crippen LogP contribution in [0.3, 0.4) is 0 Å². The molecular weight excluding hydrogens is 564 g/mol. The summed E-state index contributed by atoms with van der Waals surface area (Å²) in [6.07, 6.45) is 1.36. The summed E-state index contributed by atoms with van der Waals surface area (Å²) < 4.78 is 14.0. The molecule has 2 aromatic carbocycles. The first-order valence-corrected chi connectivity index (χ1v) is 14.9. The van der Waals surface area contributed by atoms with Gasteiger partial charge in [-0.25, -0.2) is 4.39 Å². The molecule has 1 atom stereocenters. The fourth-order valence-corrected chi connectivity index (χ4v) is 3.91. The largest absolute Gasteiger partial charge is 0.357 e. The van der Waals surface area contributed by atoms with E-state index in [9.17, 15) is 14.0 Å². The number of carbonyl (C=O) groups is 2. The van der Waals surface area contributed by atoms with E-state index in [0.717, 1.165) is 51.2 Å². The maximum absolute atomic E-state index is 14.0. The Morgan fingerprint density at radius 3 is 2.27 bits per heavy atom. The lowest BCUT2D eigenvalue weighted by Crippen LogP contribution is -2.45. The van der Waals surface area contributed by atoms with Gasteiger partial charge in [-0.3, -0.25) is 14.5 Å². The van der Waals surface area contributed by atoms with E-state index >= 15 is 0 Å². The molecule has 0 radical (unpaired) electrons. The van der Waals surface area contributed by atoms with E-state index in [1.54, 1.807) is 24.3 Å². The molecule has 1 aliphatic heterocycles. The van der Waals surface area contributed by atoms with Crippen molar-refractivity contribution in [3.05, 3.63) is 63.4 Å². The van der Waals surface area contributed by atoms with E-state index in [0.29, 0.717) is 41.2 Å². The smallest absolute Gasteiger partial charge is 0.211 e. The summed E-state index contributed by atoms with van der Waals surface area (Å²) in [6.45, 7) is 21.8. The lowest BCUT2D eigenvalue weighted by Gasteiger charge is -2.26. The van der Waals surface area contributed by atoms with Gasteiger partial charge in [-0.1, -0.05) is 89.9 Å². The Morgan fingerprint density at radius 1 is 1.05 bits per heavy atom. The summed E-state index contributed by atoms with van der Waals surface area (Å²) in [5.74, 6) is -0.415. The second-order valence-corrected chi connectivity index (χ2v) is 11.7. The van der Waals surface area contributed by atoms with E-state index in [1.807, 2.05) is 26.8 Å². The highest BCUT2D eigenvalue weighted by atomic mass is 35.5. The number of benzene rings is 2. The maximum atomic E-state index is 14.0. The van der Waals surface area contributed by atoms with Crippen LogP contribution in [0.15, 0.2) is 36.4 Å². The van der Waals surface area contributed by atoms with Crippen LogP contribution in [-0.4, -0.2) is 63.5 Å². The standard InChI is InChI=1S/C17H17Cl2FN2O.C7H15N3O.C5H12.C2H6/c1-11(14-3-2-4-15(19)17(14)20)8-21-9-12-5-6-13(18)7-16(12)22-10-23;11-7-9-3-6-10-4-1-8-2-5-10;1-5(2,3)4;1-2/h2-7,10-11,21H,8-9H2,1H3,(H,22,23);7-8H,1-6H2,(H,9,11);1-4H3;1-2H3. The van der Waals surface area contributed by atoms with E-state index in [-0.39, 0.29) is 16.8 Å². The number of nitrogens with zero attached hydrogens (tertiary/aromatic N) is 1. The van der Waals surface area contributed by atoms with Gasteiger partial charge in [0.15, 0.2) is 0 Å². The molecule has 0 aromatic heterocycles. The van der Waals surface area contributed by atoms with E-state index in [2.05, 4.69) is 53.9 Å². The molecule has 1 saturated heterocycles. The zero-order valence-corrected chi connectivity index (χ0v) is 27.3. The van der Waals surface area contributed by atoms with Crippen molar-refractivity contribution in [3.8, 4) is 0 Å². The molecule has 1 fully saturated rings. The van der Waals surface area contributed by atoms with Gasteiger partial charge < -0.3 is 21.3 Å². The maximum Gasteiger partial charge on any atom is 0.211 e. The Kier molecular flexibility index (Phi) is 21.2. The minimum absolute atomic E-state index is 0.0384. The van der Waals surface area contributed by atoms with Crippen molar-refractivity contribution in [2.75, 3.05) is 51.1 Å². The first-order valence-electron chi connectivity index (χ1n) is 14.2. The van der Waals surface area contributed by atoms with E-state index in [4.69, 9.17) is 23.2 Å². The summed E-state index contributed by atoms with van der Waals surface area (Å²) in [7, 11) is 0. The Bertz CT molecular complexity index is 993. The molecule has 0 aliphatic carbocycles. The van der Waals surface area contributed by atoms with Crippen LogP contribution in [0.2, 0.25) is 10.0 Å². The van der Waals surface area contributed by atoms with Gasteiger partial charge in [0, 0.05) is 63.1 Å². The second-order valence-electron chi connectivity index (χ2n) is 10.9. The van der Waals surface area contributed by atoms with Crippen LogP contribution in [0.25, 0.3) is 0 Å². The van der Waals surface area contributed by atoms with Gasteiger partial charge in [-0.05, 0) is 40.7 Å². The number of halogens is 3. The molecular formula is C31H50Cl2FN5O2. The molecule has 41 heavy (non-hydrogen) atoms. The average molecular weight is 615 g/mol. The number of nitrogens with one attached hydrogen (secondary N) is 4. The van der Waals surface area contributed by atoms with Gasteiger partial charge in [0.2, 0.25) is 12.8 Å². The molecule has 0 bridgehead atoms. The zero-order chi connectivity index (χ0) is 31.3. The monoisotopic (exact) mass is 613 g/mol. The van der Waals surface area contributed by atoms with Crippen LogP contribution >= 0.6 is 23.2 Å². The van der Waals surface area contributed by atoms with Crippen LogP contribution in [0, 0.1) is 11.2 Å². The van der Waals surface area contributed by atoms with Gasteiger partial charge in [0.1, 0.15) is 5.82 Å². The third-order valence-corrected chi connectivity index (χ3v) is 5.96. The number of piperazine rings is 1. The van der Waals surface area contributed by atoms with E-state index < -0.39 is 0 Å². The molecule has 2 amide bonds. The van der Waals surface area contributed by atoms with Gasteiger partial charge >= 0.3 is 0 Å². The van der Waals surface area contributed by atoms with Crippen LogP contribution in [0.4, 0.5) is 10.1 Å². The SMILES string of the molecule is CC.CC(C)(C)C.CC(CNCc1ccc(Cl)cc1NC=O)c1cccc(Cl)c1F.O=CNCCN1CCNCC1. The van der Waals surface area contributed by atoms with Crippen LogP contribution < -0.4 is 21.3 Å². The summed E-state index contributed by atoms with van der Waals surface area (Å²) in [4.78, 5) is 22.9. The topological polar surface area (TPSA) is 85.5 Å². The van der Waals surface area contributed by atoms with Crippen LogP contribution in [0.1, 0.15) is 65.5 Å². The van der Waals surface area contributed by atoms with Crippen molar-refractivity contribution in [2.24, 2.45) is 5.41 Å². The normalized spacial score (nSPS) is 13.6. The first-order chi connectivity index (χ1) is 19.5. The molecule has 3 rings (SSSR count). The van der Waals surface area contributed by atoms with Gasteiger partial charge in [0.05, 0.1) is 5.02 Å². The fourth-order valence-electron chi connectivity index (χ4n) is 3.55. The highest BCUT2D eigenvalue weighted by Gasteiger charge is 2.13. The molecule has 0 saturated carbocycles. The molecule has 0 spiro atoms. The van der Waals surface area contributed by atoms with Gasteiger partial charge in [0.25, 0.3) is 0 Å². The Balaban J connectivity index is 0.000000735. The molecule has 4 N–H and O–H groups in total. The number of anilines is 1. The lowest BCUT2D eigenvalue weighted by molar-refractivity contribution is -0.109. The number of amides is 2. The molecule has 10 heteroatoms. The number of carbonyl (C=O) groups excluding carboxylic acids is 2. The van der Waals surface area contributed by atoms with Crippen LogP contribution in [-0.2, 0) is 16.1 Å². The Hall–Kier alpha value is -2.23. The molecule has 1 heterocycles. The second kappa shape index (κ2) is 22.4. The summed E-state index contributed by atoms with van der Waals surface area (Å²) in [5.41, 5.74) is 2.63. The molecule has 1 unspecified atom stereocenters. The van der Waals surface area contributed by atoms with Crippen molar-refractivity contribution < 1.29 is 14.0 Å². The lowest BCUT2D eigenvalue weighted by atomic mass is 10.0. The van der Waals surface area contributed by atoms with Crippen molar-refractivity contribution >= 4 is 41.7 Å². The number of hydrogen-bond acceptors (Lipinski definition) is 5. The average Bonchev–Trinajstić information content (AvgIpc) is 2.93. The first kappa shape index (κ1) is 38.8. The van der Waals surface area contributed by atoms with Gasteiger partial charge in [-0.15, -0.1) is 0 Å². The summed E-state index contributed by atoms with van der Waals surface area (Å²) in [5, 5.41) is 12.5. The number of hydrogen-bond donors (Lipinski definition) is 4. The molecule has 7 nitrogen and oxygen atoms in total. The minimum Gasteiger partial charge on any atom is -0.357 e. The zero-order valence-electron chi connectivity index (χ0n) is 25.8. The van der Waals surface area contributed by atoms with Crippen molar-refractivity contribution in [1.29, 1.82) is 0 Å². The van der Waals surface area contributed by atoms with E-state index in [1.165, 1.54) is 6.07 Å². The van der Waals surface area contributed by atoms with Crippen LogP contribution in [0.5, 0.6) is 0 Å². The Morgan fingerprint density at radius 2 is 1.68 bits per heavy atom. The van der Waals surface area contributed by atoms with Crippen molar-refractivity contribution in [1.82, 2.24) is 20.9 Å². The predicted octanol–water partition coefficient (Wildman–Crippen LogP) is 6.31. The quantitative estimate of drug-likeness (QED) is 0.176. The number of rotatable bonds is 11.